The summed E-state index contributed by atoms with van der Waals surface area (Å²) in [6.45, 7) is 9.03. The largest absolute Gasteiger partial charge is 0.465 e. The zero-order valence-corrected chi connectivity index (χ0v) is 19.7. The molecule has 4 nitrogen and oxygen atoms in total. The highest BCUT2D eigenvalue weighted by Gasteiger charge is 2.29. The molecule has 0 spiro atoms. The summed E-state index contributed by atoms with van der Waals surface area (Å²) >= 11 is 0. The topological polar surface area (TPSA) is 50.4 Å². The van der Waals surface area contributed by atoms with Crippen LogP contribution in [-0.4, -0.2) is 36.7 Å². The van der Waals surface area contributed by atoms with E-state index in [0.717, 1.165) is 30.3 Å². The number of rotatable bonds is 12. The highest BCUT2D eigenvalue weighted by atomic mass is 16.5. The van der Waals surface area contributed by atoms with Crippen molar-refractivity contribution in [3.8, 4) is 0 Å². The van der Waals surface area contributed by atoms with E-state index in [-0.39, 0.29) is 12.0 Å². The monoisotopic (exact) mass is 408 g/mol. The van der Waals surface area contributed by atoms with Gasteiger partial charge in [0.2, 0.25) is 0 Å². The Kier molecular flexibility index (Phi) is 11.6. The van der Waals surface area contributed by atoms with Crippen LogP contribution >= 0.6 is 0 Å². The Morgan fingerprint density at radius 3 is 1.83 bits per heavy atom. The van der Waals surface area contributed by atoms with Gasteiger partial charge in [0.25, 0.3) is 0 Å². The summed E-state index contributed by atoms with van der Waals surface area (Å²) in [6.07, 6.45) is 16.8. The van der Waals surface area contributed by atoms with Gasteiger partial charge in [-0.05, 0) is 95.8 Å². The quantitative estimate of drug-likeness (QED) is 0.413. The smallest absolute Gasteiger partial charge is 0.323 e. The lowest BCUT2D eigenvalue weighted by atomic mass is 9.75. The number of hydrogen-bond acceptors (Lipinski definition) is 4. The average Bonchev–Trinajstić information content (AvgIpc) is 2.74. The van der Waals surface area contributed by atoms with Gasteiger partial charge in [-0.1, -0.05) is 27.2 Å². The van der Waals surface area contributed by atoms with E-state index in [1.165, 1.54) is 77.0 Å². The van der Waals surface area contributed by atoms with Gasteiger partial charge in [0.05, 0.1) is 6.61 Å². The third kappa shape index (κ3) is 8.57. The maximum Gasteiger partial charge on any atom is 0.323 e. The van der Waals surface area contributed by atoms with Crippen LogP contribution < -0.4 is 10.6 Å². The van der Waals surface area contributed by atoms with Crippen LogP contribution in [0.15, 0.2) is 0 Å². The summed E-state index contributed by atoms with van der Waals surface area (Å²) in [4.78, 5) is 12.0. The summed E-state index contributed by atoms with van der Waals surface area (Å²) in [6, 6.07) is 1.85. The molecule has 170 valence electrons. The Balaban J connectivity index is 1.64. The predicted octanol–water partition coefficient (Wildman–Crippen LogP) is 5.59. The van der Waals surface area contributed by atoms with E-state index in [1.807, 2.05) is 6.92 Å². The molecule has 0 saturated heterocycles. The molecule has 2 fully saturated rings. The van der Waals surface area contributed by atoms with Crippen LogP contribution in [0.4, 0.5) is 0 Å². The first kappa shape index (κ1) is 24.7. The van der Waals surface area contributed by atoms with Gasteiger partial charge >= 0.3 is 5.97 Å². The minimum Gasteiger partial charge on any atom is -0.465 e. The normalized spacial score (nSPS) is 29.9. The molecule has 29 heavy (non-hydrogen) atoms. The van der Waals surface area contributed by atoms with Gasteiger partial charge in [-0.25, -0.2) is 0 Å². The van der Waals surface area contributed by atoms with Gasteiger partial charge in [0.1, 0.15) is 6.04 Å². The number of ether oxygens (including phenoxy) is 1. The van der Waals surface area contributed by atoms with Crippen molar-refractivity contribution in [1.82, 2.24) is 10.6 Å². The molecule has 2 rings (SSSR count). The highest BCUT2D eigenvalue weighted by Crippen LogP contribution is 2.35. The molecular weight excluding hydrogens is 360 g/mol. The zero-order valence-electron chi connectivity index (χ0n) is 19.7. The third-order valence-corrected chi connectivity index (χ3v) is 7.38. The second-order valence-electron chi connectivity index (χ2n) is 9.61. The van der Waals surface area contributed by atoms with Crippen LogP contribution in [0.3, 0.4) is 0 Å². The number of hydrogen-bond donors (Lipinski definition) is 2. The van der Waals surface area contributed by atoms with Gasteiger partial charge in [0, 0.05) is 18.1 Å². The molecule has 0 aromatic carbocycles. The van der Waals surface area contributed by atoms with Gasteiger partial charge in [-0.2, -0.15) is 0 Å². The molecule has 0 radical (unpaired) electrons. The van der Waals surface area contributed by atoms with Crippen molar-refractivity contribution >= 4 is 5.97 Å². The average molecular weight is 409 g/mol. The second-order valence-corrected chi connectivity index (χ2v) is 9.61. The van der Waals surface area contributed by atoms with E-state index in [9.17, 15) is 4.79 Å². The lowest BCUT2D eigenvalue weighted by molar-refractivity contribution is -0.146. The van der Waals surface area contributed by atoms with E-state index in [4.69, 9.17) is 4.74 Å². The maximum absolute atomic E-state index is 12.0. The van der Waals surface area contributed by atoms with Gasteiger partial charge in [0.15, 0.2) is 0 Å². The van der Waals surface area contributed by atoms with E-state index in [0.29, 0.717) is 12.6 Å². The molecule has 0 aromatic rings. The summed E-state index contributed by atoms with van der Waals surface area (Å²) in [7, 11) is 0. The summed E-state index contributed by atoms with van der Waals surface area (Å²) < 4.78 is 5.20. The van der Waals surface area contributed by atoms with E-state index in [1.54, 1.807) is 0 Å². The Labute approximate surface area is 180 Å². The van der Waals surface area contributed by atoms with Crippen molar-refractivity contribution in [2.45, 2.75) is 135 Å². The molecular formula is C25H48N2O2. The van der Waals surface area contributed by atoms with E-state index in [2.05, 4.69) is 31.4 Å². The standard InChI is InChI=1S/C25H48N2O2/c1-5-9-21(6-2)26-22-14-10-19(11-15-22)18-20-12-16-23(17-13-20)27-24(7-3)25(28)29-8-4/h19-24,26-27H,5-18H2,1-4H3. The molecule has 0 bridgehead atoms. The molecule has 2 atom stereocenters. The Morgan fingerprint density at radius 2 is 1.38 bits per heavy atom. The third-order valence-electron chi connectivity index (χ3n) is 7.38. The number of esters is 1. The fourth-order valence-electron chi connectivity index (χ4n) is 5.57. The molecule has 2 aliphatic carbocycles. The number of nitrogens with one attached hydrogen (secondary N) is 2. The van der Waals surface area contributed by atoms with Crippen molar-refractivity contribution in [2.75, 3.05) is 6.61 Å². The van der Waals surface area contributed by atoms with Crippen molar-refractivity contribution in [3.63, 3.8) is 0 Å². The predicted molar refractivity (Wildman–Crippen MR) is 122 cm³/mol. The Hall–Kier alpha value is -0.610. The minimum absolute atomic E-state index is 0.0771. The van der Waals surface area contributed by atoms with Crippen molar-refractivity contribution < 1.29 is 9.53 Å². The number of carbonyl (C=O) groups excluding carboxylic acids is 1. The van der Waals surface area contributed by atoms with E-state index < -0.39 is 0 Å². The Bertz CT molecular complexity index is 440. The summed E-state index contributed by atoms with van der Waals surface area (Å²) in [5.41, 5.74) is 0. The van der Waals surface area contributed by atoms with Crippen molar-refractivity contribution in [3.05, 3.63) is 0 Å². The molecule has 4 heteroatoms. The molecule has 2 N–H and O–H groups in total. The fourth-order valence-corrected chi connectivity index (χ4v) is 5.57. The first-order valence-corrected chi connectivity index (χ1v) is 12.8. The SMILES string of the molecule is CCCC(CC)NC1CCC(CC2CCC(NC(CC)C(=O)OCC)CC2)CC1. The minimum atomic E-state index is -0.126. The van der Waals surface area contributed by atoms with Crippen LogP contribution in [0.1, 0.15) is 111 Å². The van der Waals surface area contributed by atoms with Gasteiger partial charge in [-0.15, -0.1) is 0 Å². The summed E-state index contributed by atoms with van der Waals surface area (Å²) in [5.74, 6) is 1.76. The Morgan fingerprint density at radius 1 is 0.828 bits per heavy atom. The zero-order chi connectivity index (χ0) is 21.1. The molecule has 0 amide bonds. The summed E-state index contributed by atoms with van der Waals surface area (Å²) in [5, 5.41) is 7.50. The molecule has 2 saturated carbocycles. The van der Waals surface area contributed by atoms with Crippen LogP contribution in [0, 0.1) is 11.8 Å². The first-order chi connectivity index (χ1) is 14.1. The van der Waals surface area contributed by atoms with Crippen LogP contribution in [0.2, 0.25) is 0 Å². The maximum atomic E-state index is 12.0. The first-order valence-electron chi connectivity index (χ1n) is 12.8. The van der Waals surface area contributed by atoms with Crippen LogP contribution in [0.25, 0.3) is 0 Å². The molecule has 0 aromatic heterocycles. The van der Waals surface area contributed by atoms with Gasteiger partial charge in [-0.3, -0.25) is 4.79 Å². The molecule has 2 aliphatic rings. The highest BCUT2D eigenvalue weighted by molar-refractivity contribution is 5.75. The van der Waals surface area contributed by atoms with Gasteiger partial charge < -0.3 is 15.4 Å². The van der Waals surface area contributed by atoms with Crippen molar-refractivity contribution in [1.29, 1.82) is 0 Å². The lowest BCUT2D eigenvalue weighted by Crippen LogP contribution is -2.45. The fraction of sp³-hybridized carbons (Fsp3) is 0.960. The van der Waals surface area contributed by atoms with E-state index >= 15 is 0 Å². The van der Waals surface area contributed by atoms with Crippen molar-refractivity contribution in [2.24, 2.45) is 11.8 Å². The van der Waals surface area contributed by atoms with Crippen LogP contribution in [0.5, 0.6) is 0 Å². The number of carbonyl (C=O) groups is 1. The molecule has 0 heterocycles. The molecule has 0 aliphatic heterocycles. The van der Waals surface area contributed by atoms with Crippen LogP contribution in [-0.2, 0) is 9.53 Å². The molecule has 2 unspecified atom stereocenters. The lowest BCUT2D eigenvalue weighted by Gasteiger charge is -2.36. The second kappa shape index (κ2) is 13.6.